The van der Waals surface area contributed by atoms with Gasteiger partial charge in [-0.15, -0.1) is 0 Å². The minimum Gasteiger partial charge on any atom is -0.398 e. The highest BCUT2D eigenvalue weighted by Gasteiger charge is 2.51. The maximum atomic E-state index is 15.4. The number of ether oxygens (including phenoxy) is 1. The van der Waals surface area contributed by atoms with Gasteiger partial charge in [0.1, 0.15) is 11.6 Å². The summed E-state index contributed by atoms with van der Waals surface area (Å²) in [6.45, 7) is 0.560. The van der Waals surface area contributed by atoms with E-state index in [4.69, 9.17) is 22.1 Å². The lowest BCUT2D eigenvalue weighted by Crippen LogP contribution is -2.26. The molecule has 1 aliphatic heterocycles. The number of hydrogen-bond donors (Lipinski definition) is 3. The van der Waals surface area contributed by atoms with Gasteiger partial charge in [-0.05, 0) is 25.0 Å². The van der Waals surface area contributed by atoms with E-state index in [0.29, 0.717) is 35.8 Å². The quantitative estimate of drug-likeness (QED) is 0.642. The first-order chi connectivity index (χ1) is 14.2. The molecule has 1 saturated carbocycles. The highest BCUT2D eigenvalue weighted by Crippen LogP contribution is 2.52. The second-order valence-corrected chi connectivity index (χ2v) is 8.56. The van der Waals surface area contributed by atoms with E-state index in [1.54, 1.807) is 7.11 Å². The molecule has 160 valence electrons. The Kier molecular flexibility index (Phi) is 5.12. The van der Waals surface area contributed by atoms with Crippen LogP contribution < -0.4 is 11.1 Å². The van der Waals surface area contributed by atoms with Crippen molar-refractivity contribution >= 4 is 29.0 Å². The number of aliphatic hydroxyl groups is 1. The number of hydrogen-bond acceptors (Lipinski definition) is 6. The number of nitrogens with one attached hydrogen (secondary N) is 1. The van der Waals surface area contributed by atoms with Crippen LogP contribution in [0.15, 0.2) is 18.3 Å². The Morgan fingerprint density at radius 3 is 2.77 bits per heavy atom. The van der Waals surface area contributed by atoms with Crippen LogP contribution in [0.2, 0.25) is 5.02 Å². The van der Waals surface area contributed by atoms with Crippen LogP contribution in [0.25, 0.3) is 11.1 Å². The molecule has 0 saturated heterocycles. The summed E-state index contributed by atoms with van der Waals surface area (Å²) in [5.74, 6) is -0.649. The number of carbonyl (C=O) groups excluding carboxylic acids is 1. The Bertz CT molecular complexity index is 1030. The predicted molar refractivity (Wildman–Crippen MR) is 113 cm³/mol. The molecular weight excluding hydrogens is 411 g/mol. The van der Waals surface area contributed by atoms with Crippen LogP contribution in [-0.2, 0) is 10.2 Å². The lowest BCUT2D eigenvalue weighted by atomic mass is 9.80. The third kappa shape index (κ3) is 3.02. The number of aromatic nitrogens is 1. The number of fused-ring (bicyclic) bond motifs is 2. The molecule has 4 rings (SSSR count). The van der Waals surface area contributed by atoms with E-state index in [0.717, 1.165) is 5.56 Å². The van der Waals surface area contributed by atoms with Crippen molar-refractivity contribution in [2.24, 2.45) is 0 Å². The summed E-state index contributed by atoms with van der Waals surface area (Å²) in [7, 11) is 4.63. The van der Waals surface area contributed by atoms with Gasteiger partial charge >= 0.3 is 0 Å². The Morgan fingerprint density at radius 1 is 1.40 bits per heavy atom. The molecule has 1 spiro atoms. The van der Waals surface area contributed by atoms with E-state index < -0.39 is 23.2 Å². The molecule has 30 heavy (non-hydrogen) atoms. The summed E-state index contributed by atoms with van der Waals surface area (Å²) in [4.78, 5) is 18.2. The number of halogens is 2. The molecule has 2 heterocycles. The minimum atomic E-state index is -0.737. The van der Waals surface area contributed by atoms with Crippen molar-refractivity contribution in [3.8, 4) is 11.1 Å². The molecule has 4 N–H and O–H groups in total. The van der Waals surface area contributed by atoms with Gasteiger partial charge in [0, 0.05) is 61.7 Å². The summed E-state index contributed by atoms with van der Waals surface area (Å²) in [5, 5.41) is 14.0. The van der Waals surface area contributed by atoms with E-state index in [-0.39, 0.29) is 22.9 Å². The Labute approximate surface area is 179 Å². The first kappa shape index (κ1) is 20.8. The Morgan fingerprint density at radius 2 is 2.13 bits per heavy atom. The maximum absolute atomic E-state index is 15.4. The number of carbonyl (C=O) groups is 1. The SMILES string of the molecule is COC1CC2(CNc3ncc(-c4ccc(N)c(C(=O)N(C)C)c4F)c(Cl)c32)CC1O. The van der Waals surface area contributed by atoms with Crippen LogP contribution in [-0.4, -0.2) is 60.9 Å². The van der Waals surface area contributed by atoms with Crippen molar-refractivity contribution < 1.29 is 19.0 Å². The van der Waals surface area contributed by atoms with E-state index >= 15 is 4.39 Å². The van der Waals surface area contributed by atoms with Crippen molar-refractivity contribution in [3.05, 3.63) is 40.3 Å². The first-order valence-corrected chi connectivity index (χ1v) is 10.0. The number of benzene rings is 1. The molecule has 0 radical (unpaired) electrons. The summed E-state index contributed by atoms with van der Waals surface area (Å²) in [6, 6.07) is 3.00. The molecule has 1 aliphatic carbocycles. The Balaban J connectivity index is 1.86. The van der Waals surface area contributed by atoms with Crippen molar-refractivity contribution in [1.29, 1.82) is 0 Å². The molecule has 1 amide bonds. The number of aliphatic hydroxyl groups excluding tert-OH is 1. The van der Waals surface area contributed by atoms with Gasteiger partial charge in [0.25, 0.3) is 5.91 Å². The largest absolute Gasteiger partial charge is 0.398 e. The van der Waals surface area contributed by atoms with E-state index in [1.165, 1.54) is 37.3 Å². The third-order valence-electron chi connectivity index (χ3n) is 6.15. The minimum absolute atomic E-state index is 0.0557. The first-order valence-electron chi connectivity index (χ1n) is 9.64. The summed E-state index contributed by atoms with van der Waals surface area (Å²) in [6.07, 6.45) is 1.59. The van der Waals surface area contributed by atoms with Gasteiger partial charge < -0.3 is 25.8 Å². The summed E-state index contributed by atoms with van der Waals surface area (Å²) in [5.41, 5.74) is 6.56. The number of nitrogens with zero attached hydrogens (tertiary/aromatic N) is 2. The number of amides is 1. The fraction of sp³-hybridized carbons (Fsp3) is 0.429. The number of nitrogen functional groups attached to an aromatic ring is 1. The monoisotopic (exact) mass is 434 g/mol. The predicted octanol–water partition coefficient (Wildman–Crippen LogP) is 2.66. The molecule has 3 atom stereocenters. The highest BCUT2D eigenvalue weighted by atomic mass is 35.5. The zero-order chi connectivity index (χ0) is 21.8. The summed E-state index contributed by atoms with van der Waals surface area (Å²) < 4.78 is 20.8. The topological polar surface area (TPSA) is 101 Å². The molecule has 9 heteroatoms. The molecule has 2 aliphatic rings. The standard InChI is InChI=1S/C21H24ClFN4O3/c1-27(2)20(29)15-12(24)5-4-10(18(15)23)11-8-25-19-16(17(11)22)21(9-26-19)6-13(28)14(7-21)30-3/h4-5,8,13-14,28H,6-7,9,24H2,1-3H3,(H,25,26). The number of methoxy groups -OCH3 is 1. The van der Waals surface area contributed by atoms with Gasteiger partial charge in [0.2, 0.25) is 0 Å². The van der Waals surface area contributed by atoms with Crippen LogP contribution >= 0.6 is 11.6 Å². The van der Waals surface area contributed by atoms with Crippen molar-refractivity contribution in [1.82, 2.24) is 9.88 Å². The fourth-order valence-electron chi connectivity index (χ4n) is 4.60. The van der Waals surface area contributed by atoms with Gasteiger partial charge in [-0.2, -0.15) is 0 Å². The fourth-order valence-corrected chi connectivity index (χ4v) is 5.04. The van der Waals surface area contributed by atoms with Gasteiger partial charge in [-0.1, -0.05) is 11.6 Å². The molecule has 7 nitrogen and oxygen atoms in total. The molecule has 1 aromatic carbocycles. The van der Waals surface area contributed by atoms with Crippen LogP contribution in [0, 0.1) is 5.82 Å². The van der Waals surface area contributed by atoms with Crippen LogP contribution in [0.1, 0.15) is 28.8 Å². The molecule has 1 fully saturated rings. The van der Waals surface area contributed by atoms with E-state index in [9.17, 15) is 9.90 Å². The second-order valence-electron chi connectivity index (χ2n) is 8.18. The number of rotatable bonds is 3. The number of anilines is 2. The molecule has 3 unspecified atom stereocenters. The van der Waals surface area contributed by atoms with Crippen molar-refractivity contribution in [2.45, 2.75) is 30.5 Å². The zero-order valence-corrected chi connectivity index (χ0v) is 17.8. The number of nitrogens with two attached hydrogens (primary N) is 1. The molecular formula is C21H24ClFN4O3. The molecule has 2 aromatic rings. The van der Waals surface area contributed by atoms with Gasteiger partial charge in [0.05, 0.1) is 22.8 Å². The normalized spacial score (nSPS) is 24.7. The van der Waals surface area contributed by atoms with Crippen molar-refractivity contribution in [2.75, 3.05) is 38.8 Å². The average Bonchev–Trinajstić information content (AvgIpc) is 3.22. The highest BCUT2D eigenvalue weighted by molar-refractivity contribution is 6.34. The Hall–Kier alpha value is -2.42. The van der Waals surface area contributed by atoms with Gasteiger partial charge in [-0.3, -0.25) is 4.79 Å². The van der Waals surface area contributed by atoms with E-state index in [1.807, 2.05) is 0 Å². The molecule has 1 aromatic heterocycles. The zero-order valence-electron chi connectivity index (χ0n) is 17.0. The maximum Gasteiger partial charge on any atom is 0.258 e. The van der Waals surface area contributed by atoms with Gasteiger partial charge in [0.15, 0.2) is 0 Å². The second kappa shape index (κ2) is 7.37. The van der Waals surface area contributed by atoms with Crippen molar-refractivity contribution in [3.63, 3.8) is 0 Å². The lowest BCUT2D eigenvalue weighted by Gasteiger charge is -2.25. The van der Waals surface area contributed by atoms with Crippen LogP contribution in [0.4, 0.5) is 15.9 Å². The van der Waals surface area contributed by atoms with Gasteiger partial charge in [-0.25, -0.2) is 9.37 Å². The smallest absolute Gasteiger partial charge is 0.258 e. The summed E-state index contributed by atoms with van der Waals surface area (Å²) >= 11 is 6.81. The van der Waals surface area contributed by atoms with Crippen LogP contribution in [0.3, 0.4) is 0 Å². The average molecular weight is 435 g/mol. The van der Waals surface area contributed by atoms with E-state index in [2.05, 4.69) is 10.3 Å². The lowest BCUT2D eigenvalue weighted by molar-refractivity contribution is 0.00973. The van der Waals surface area contributed by atoms with Crippen LogP contribution in [0.5, 0.6) is 0 Å². The number of pyridine rings is 1. The molecule has 0 bridgehead atoms. The third-order valence-corrected chi connectivity index (χ3v) is 6.54.